The van der Waals surface area contributed by atoms with E-state index in [1.807, 2.05) is 30.4 Å². The van der Waals surface area contributed by atoms with E-state index in [1.165, 1.54) is 11.1 Å². The molecule has 0 unspecified atom stereocenters. The standard InChI is InChI=1S/C22H24ClN3O/c1-16-4-5-17-7-9-21(25-22(17)24-16)27-13-3-2-11-26-12-10-18-14-20(23)8-6-19(18)15-26/h4-9,14H,1-3,10-13,15H2,(H,24,25). The quantitative estimate of drug-likeness (QED) is 0.722. The number of allylic oxidation sites excluding steroid dienone is 1. The summed E-state index contributed by atoms with van der Waals surface area (Å²) < 4.78 is 5.83. The minimum Gasteiger partial charge on any atom is -0.478 e. The Morgan fingerprint density at radius 2 is 2.07 bits per heavy atom. The van der Waals surface area contributed by atoms with E-state index in [-0.39, 0.29) is 0 Å². The average molecular weight is 382 g/mol. The van der Waals surface area contributed by atoms with E-state index in [4.69, 9.17) is 16.3 Å². The number of aromatic nitrogens is 1. The number of fused-ring (bicyclic) bond motifs is 2. The molecule has 2 aromatic rings. The zero-order valence-corrected chi connectivity index (χ0v) is 16.1. The lowest BCUT2D eigenvalue weighted by Crippen LogP contribution is -2.31. The molecule has 0 saturated carbocycles. The van der Waals surface area contributed by atoms with Crippen molar-refractivity contribution >= 4 is 23.5 Å². The van der Waals surface area contributed by atoms with Gasteiger partial charge >= 0.3 is 0 Å². The number of halogens is 1. The number of anilines is 1. The van der Waals surface area contributed by atoms with Crippen molar-refractivity contribution < 1.29 is 4.74 Å². The van der Waals surface area contributed by atoms with Crippen molar-refractivity contribution in [3.63, 3.8) is 0 Å². The Morgan fingerprint density at radius 3 is 3.00 bits per heavy atom. The van der Waals surface area contributed by atoms with Crippen LogP contribution >= 0.6 is 11.6 Å². The maximum absolute atomic E-state index is 6.08. The monoisotopic (exact) mass is 381 g/mol. The van der Waals surface area contributed by atoms with Crippen LogP contribution in [0.3, 0.4) is 0 Å². The number of unbranched alkanes of at least 4 members (excludes halogenated alkanes) is 1. The topological polar surface area (TPSA) is 37.4 Å². The lowest BCUT2D eigenvalue weighted by Gasteiger charge is -2.28. The number of benzene rings is 1. The Labute approximate surface area is 165 Å². The average Bonchev–Trinajstić information content (AvgIpc) is 2.67. The first-order valence-electron chi connectivity index (χ1n) is 9.45. The predicted octanol–water partition coefficient (Wildman–Crippen LogP) is 4.90. The Hall–Kier alpha value is -2.30. The molecule has 0 atom stereocenters. The SMILES string of the molecule is C=C1C=Cc2ccc(OCCCCN3CCc4cc(Cl)ccc4C3)nc2N1. The van der Waals surface area contributed by atoms with E-state index in [1.54, 1.807) is 0 Å². The van der Waals surface area contributed by atoms with Crippen LogP contribution in [-0.4, -0.2) is 29.6 Å². The number of hydrogen-bond acceptors (Lipinski definition) is 4. The minimum atomic E-state index is 0.660. The van der Waals surface area contributed by atoms with Crippen LogP contribution in [0.2, 0.25) is 5.02 Å². The summed E-state index contributed by atoms with van der Waals surface area (Å²) in [6, 6.07) is 10.2. The number of pyridine rings is 1. The van der Waals surface area contributed by atoms with Gasteiger partial charge in [-0.1, -0.05) is 24.2 Å². The van der Waals surface area contributed by atoms with Gasteiger partial charge in [-0.15, -0.1) is 0 Å². The fourth-order valence-electron chi connectivity index (χ4n) is 3.54. The highest BCUT2D eigenvalue weighted by Gasteiger charge is 2.16. The summed E-state index contributed by atoms with van der Waals surface area (Å²) in [7, 11) is 0. The second kappa shape index (κ2) is 8.15. The van der Waals surface area contributed by atoms with Gasteiger partial charge in [0.05, 0.1) is 6.61 Å². The summed E-state index contributed by atoms with van der Waals surface area (Å²) in [6.45, 7) is 7.80. The summed E-state index contributed by atoms with van der Waals surface area (Å²) in [5.74, 6) is 1.47. The van der Waals surface area contributed by atoms with Crippen molar-refractivity contribution in [1.29, 1.82) is 0 Å². The fourth-order valence-corrected chi connectivity index (χ4v) is 3.73. The largest absolute Gasteiger partial charge is 0.478 e. The van der Waals surface area contributed by atoms with Gasteiger partial charge < -0.3 is 10.1 Å². The molecule has 0 amide bonds. The molecule has 2 aliphatic rings. The zero-order valence-electron chi connectivity index (χ0n) is 15.4. The van der Waals surface area contributed by atoms with Gasteiger partial charge in [0.25, 0.3) is 0 Å². The van der Waals surface area contributed by atoms with Crippen LogP contribution < -0.4 is 10.1 Å². The third-order valence-corrected chi connectivity index (χ3v) is 5.26. The second-order valence-corrected chi connectivity index (χ2v) is 7.50. The molecular formula is C22H24ClN3O. The third kappa shape index (κ3) is 4.52. The van der Waals surface area contributed by atoms with Crippen LogP contribution in [0.25, 0.3) is 6.08 Å². The van der Waals surface area contributed by atoms with E-state index >= 15 is 0 Å². The smallest absolute Gasteiger partial charge is 0.215 e. The van der Waals surface area contributed by atoms with Crippen LogP contribution in [0.5, 0.6) is 5.88 Å². The van der Waals surface area contributed by atoms with Crippen molar-refractivity contribution in [1.82, 2.24) is 9.88 Å². The van der Waals surface area contributed by atoms with Crippen LogP contribution in [0.1, 0.15) is 29.5 Å². The summed E-state index contributed by atoms with van der Waals surface area (Å²) in [6.07, 6.45) is 7.17. The predicted molar refractivity (Wildman–Crippen MR) is 111 cm³/mol. The van der Waals surface area contributed by atoms with Crippen molar-refractivity contribution in [2.45, 2.75) is 25.8 Å². The summed E-state index contributed by atoms with van der Waals surface area (Å²) in [5, 5.41) is 4.01. The zero-order chi connectivity index (χ0) is 18.6. The molecule has 3 heterocycles. The van der Waals surface area contributed by atoms with E-state index < -0.39 is 0 Å². The molecule has 27 heavy (non-hydrogen) atoms. The van der Waals surface area contributed by atoms with Gasteiger partial charge in [0, 0.05) is 35.4 Å². The van der Waals surface area contributed by atoms with Gasteiger partial charge in [0.1, 0.15) is 5.82 Å². The molecule has 0 radical (unpaired) electrons. The van der Waals surface area contributed by atoms with Crippen molar-refractivity contribution in [3.05, 3.63) is 70.4 Å². The highest BCUT2D eigenvalue weighted by atomic mass is 35.5. The van der Waals surface area contributed by atoms with Crippen LogP contribution in [0.15, 0.2) is 48.7 Å². The maximum atomic E-state index is 6.08. The molecule has 0 saturated heterocycles. The van der Waals surface area contributed by atoms with Crippen LogP contribution in [-0.2, 0) is 13.0 Å². The lowest BCUT2D eigenvalue weighted by molar-refractivity contribution is 0.233. The van der Waals surface area contributed by atoms with E-state index in [0.29, 0.717) is 12.5 Å². The maximum Gasteiger partial charge on any atom is 0.215 e. The first kappa shape index (κ1) is 18.1. The Kier molecular flexibility index (Phi) is 5.46. The first-order chi connectivity index (χ1) is 13.2. The van der Waals surface area contributed by atoms with Crippen molar-refractivity contribution in [2.75, 3.05) is 25.0 Å². The molecule has 140 valence electrons. The number of hydrogen-bond donors (Lipinski definition) is 1. The van der Waals surface area contributed by atoms with Gasteiger partial charge in [-0.2, -0.15) is 4.98 Å². The van der Waals surface area contributed by atoms with Crippen molar-refractivity contribution in [2.24, 2.45) is 0 Å². The molecule has 1 aromatic carbocycles. The van der Waals surface area contributed by atoms with Gasteiger partial charge in [0.2, 0.25) is 5.88 Å². The molecule has 5 heteroatoms. The van der Waals surface area contributed by atoms with E-state index in [2.05, 4.69) is 33.9 Å². The highest BCUT2D eigenvalue weighted by molar-refractivity contribution is 6.30. The Morgan fingerprint density at radius 1 is 1.15 bits per heavy atom. The summed E-state index contributed by atoms with van der Waals surface area (Å²) in [5.41, 5.74) is 4.70. The van der Waals surface area contributed by atoms with Gasteiger partial charge in [-0.05, 0) is 67.3 Å². The fraction of sp³-hybridized carbons (Fsp3) is 0.318. The van der Waals surface area contributed by atoms with E-state index in [0.717, 1.165) is 61.0 Å². The van der Waals surface area contributed by atoms with Crippen LogP contribution in [0.4, 0.5) is 5.82 Å². The Balaban J connectivity index is 1.20. The molecule has 0 fully saturated rings. The number of nitrogens with one attached hydrogen (secondary N) is 1. The normalized spacial score (nSPS) is 15.8. The van der Waals surface area contributed by atoms with Crippen LogP contribution in [0, 0.1) is 0 Å². The lowest BCUT2D eigenvalue weighted by atomic mass is 10.00. The molecular weight excluding hydrogens is 358 g/mol. The Bertz CT molecular complexity index is 878. The summed E-state index contributed by atoms with van der Waals surface area (Å²) >= 11 is 6.08. The molecule has 0 aliphatic carbocycles. The third-order valence-electron chi connectivity index (χ3n) is 5.02. The highest BCUT2D eigenvalue weighted by Crippen LogP contribution is 2.25. The second-order valence-electron chi connectivity index (χ2n) is 7.07. The molecule has 0 bridgehead atoms. The van der Waals surface area contributed by atoms with Gasteiger partial charge in [0.15, 0.2) is 0 Å². The number of ether oxygens (including phenoxy) is 1. The van der Waals surface area contributed by atoms with Crippen molar-refractivity contribution in [3.8, 4) is 5.88 Å². The molecule has 0 spiro atoms. The molecule has 1 N–H and O–H groups in total. The number of rotatable bonds is 6. The first-order valence-corrected chi connectivity index (χ1v) is 9.83. The molecule has 1 aromatic heterocycles. The summed E-state index contributed by atoms with van der Waals surface area (Å²) in [4.78, 5) is 7.03. The molecule has 4 rings (SSSR count). The number of nitrogens with zero attached hydrogens (tertiary/aromatic N) is 2. The minimum absolute atomic E-state index is 0.660. The molecule has 4 nitrogen and oxygen atoms in total. The molecule has 2 aliphatic heterocycles. The van der Waals surface area contributed by atoms with Gasteiger partial charge in [-0.3, -0.25) is 4.90 Å². The van der Waals surface area contributed by atoms with E-state index in [9.17, 15) is 0 Å². The van der Waals surface area contributed by atoms with Gasteiger partial charge in [-0.25, -0.2) is 0 Å².